The highest BCUT2D eigenvalue weighted by Crippen LogP contribution is 2.37. The molecule has 1 saturated heterocycles. The standard InChI is InChI=1S/C23H26N2O3/c1-15-7-8-17-9-10-18(19(17)13-15)22(26)28-21-11-12-25(23(24)27)14-20(21)16-5-3-2-4-6-16/h2-8,13,18,20-21H,9-12,14H2,1H3,(H2,24,27). The highest BCUT2D eigenvalue weighted by atomic mass is 16.5. The van der Waals surface area contributed by atoms with Crippen molar-refractivity contribution in [1.82, 2.24) is 4.90 Å². The molecule has 0 spiro atoms. The lowest BCUT2D eigenvalue weighted by molar-refractivity contribution is -0.154. The van der Waals surface area contributed by atoms with E-state index in [-0.39, 0.29) is 23.9 Å². The lowest BCUT2D eigenvalue weighted by Gasteiger charge is -2.38. The van der Waals surface area contributed by atoms with Gasteiger partial charge in [-0.25, -0.2) is 4.79 Å². The van der Waals surface area contributed by atoms with Gasteiger partial charge in [0, 0.05) is 25.4 Å². The number of esters is 1. The number of rotatable bonds is 3. The number of nitrogens with zero attached hydrogens (tertiary/aromatic N) is 1. The van der Waals surface area contributed by atoms with Crippen LogP contribution in [0.5, 0.6) is 0 Å². The Hall–Kier alpha value is -2.82. The summed E-state index contributed by atoms with van der Waals surface area (Å²) >= 11 is 0. The summed E-state index contributed by atoms with van der Waals surface area (Å²) < 4.78 is 6.05. The average Bonchev–Trinajstić information content (AvgIpc) is 3.12. The first-order valence-electron chi connectivity index (χ1n) is 9.92. The molecule has 0 aromatic heterocycles. The maximum Gasteiger partial charge on any atom is 0.314 e. The number of primary amides is 1. The third kappa shape index (κ3) is 3.61. The van der Waals surface area contributed by atoms with Crippen LogP contribution in [0.1, 0.15) is 46.9 Å². The van der Waals surface area contributed by atoms with Crippen molar-refractivity contribution in [3.8, 4) is 0 Å². The van der Waals surface area contributed by atoms with Crippen LogP contribution in [-0.2, 0) is 16.0 Å². The van der Waals surface area contributed by atoms with E-state index in [1.165, 1.54) is 5.56 Å². The van der Waals surface area contributed by atoms with Crippen molar-refractivity contribution in [1.29, 1.82) is 0 Å². The zero-order valence-electron chi connectivity index (χ0n) is 16.1. The molecule has 2 aromatic carbocycles. The number of piperidine rings is 1. The topological polar surface area (TPSA) is 72.6 Å². The highest BCUT2D eigenvalue weighted by Gasteiger charge is 2.37. The third-order valence-electron chi connectivity index (χ3n) is 6.02. The molecule has 5 heteroatoms. The molecule has 3 atom stereocenters. The van der Waals surface area contributed by atoms with Crippen molar-refractivity contribution in [3.05, 3.63) is 70.8 Å². The molecule has 5 nitrogen and oxygen atoms in total. The van der Waals surface area contributed by atoms with Crippen LogP contribution in [0.25, 0.3) is 0 Å². The minimum Gasteiger partial charge on any atom is -0.461 e. The number of ether oxygens (including phenoxy) is 1. The zero-order chi connectivity index (χ0) is 19.7. The summed E-state index contributed by atoms with van der Waals surface area (Å²) in [5, 5.41) is 0. The molecule has 28 heavy (non-hydrogen) atoms. The van der Waals surface area contributed by atoms with Crippen molar-refractivity contribution in [2.24, 2.45) is 5.73 Å². The molecule has 3 unspecified atom stereocenters. The second kappa shape index (κ2) is 7.66. The maximum atomic E-state index is 13.1. The molecule has 0 radical (unpaired) electrons. The minimum atomic E-state index is -0.425. The number of hydrogen-bond donors (Lipinski definition) is 1. The number of carbonyl (C=O) groups excluding carboxylic acids is 2. The predicted octanol–water partition coefficient (Wildman–Crippen LogP) is 3.50. The van der Waals surface area contributed by atoms with Gasteiger partial charge in [-0.05, 0) is 36.5 Å². The summed E-state index contributed by atoms with van der Waals surface area (Å²) in [5.74, 6) is -0.409. The summed E-state index contributed by atoms with van der Waals surface area (Å²) in [6, 6.07) is 15.8. The zero-order valence-corrected chi connectivity index (χ0v) is 16.1. The fourth-order valence-corrected chi connectivity index (χ4v) is 4.49. The molecule has 0 saturated carbocycles. The van der Waals surface area contributed by atoms with Crippen molar-refractivity contribution >= 4 is 12.0 Å². The molecule has 2 aromatic rings. The van der Waals surface area contributed by atoms with Crippen LogP contribution in [-0.4, -0.2) is 36.1 Å². The Bertz CT molecular complexity index is 881. The van der Waals surface area contributed by atoms with Gasteiger partial charge in [0.2, 0.25) is 0 Å². The summed E-state index contributed by atoms with van der Waals surface area (Å²) in [7, 11) is 0. The maximum absolute atomic E-state index is 13.1. The Morgan fingerprint density at radius 3 is 2.64 bits per heavy atom. The number of amides is 2. The fourth-order valence-electron chi connectivity index (χ4n) is 4.49. The van der Waals surface area contributed by atoms with E-state index in [4.69, 9.17) is 10.5 Å². The smallest absolute Gasteiger partial charge is 0.314 e. The predicted molar refractivity (Wildman–Crippen MR) is 107 cm³/mol. The number of aryl methyl sites for hydroxylation is 2. The Kier molecular flexibility index (Phi) is 5.07. The number of urea groups is 1. The lowest BCUT2D eigenvalue weighted by atomic mass is 9.87. The van der Waals surface area contributed by atoms with Crippen LogP contribution in [0, 0.1) is 6.92 Å². The third-order valence-corrected chi connectivity index (χ3v) is 6.02. The monoisotopic (exact) mass is 378 g/mol. The highest BCUT2D eigenvalue weighted by molar-refractivity contribution is 5.80. The van der Waals surface area contributed by atoms with Gasteiger partial charge >= 0.3 is 12.0 Å². The van der Waals surface area contributed by atoms with Gasteiger partial charge in [-0.1, -0.05) is 54.1 Å². The molecular formula is C23H26N2O3. The number of carbonyl (C=O) groups is 2. The van der Waals surface area contributed by atoms with E-state index in [0.29, 0.717) is 19.5 Å². The molecule has 1 aliphatic carbocycles. The molecule has 2 aliphatic rings. The van der Waals surface area contributed by atoms with Gasteiger partial charge in [-0.15, -0.1) is 0 Å². The Morgan fingerprint density at radius 1 is 1.11 bits per heavy atom. The first-order chi connectivity index (χ1) is 13.5. The van der Waals surface area contributed by atoms with E-state index >= 15 is 0 Å². The minimum absolute atomic E-state index is 0.0650. The van der Waals surface area contributed by atoms with Crippen LogP contribution >= 0.6 is 0 Å². The summed E-state index contributed by atoms with van der Waals surface area (Å²) in [6.07, 6.45) is 2.06. The normalized spacial score (nSPS) is 23.9. The second-order valence-corrected chi connectivity index (χ2v) is 7.86. The van der Waals surface area contributed by atoms with Gasteiger partial charge in [0.05, 0.1) is 5.92 Å². The van der Waals surface area contributed by atoms with E-state index in [2.05, 4.69) is 18.2 Å². The lowest BCUT2D eigenvalue weighted by Crippen LogP contribution is -2.48. The average molecular weight is 378 g/mol. The van der Waals surface area contributed by atoms with Gasteiger partial charge in [-0.2, -0.15) is 0 Å². The van der Waals surface area contributed by atoms with E-state index in [1.807, 2.05) is 37.3 Å². The molecule has 0 bridgehead atoms. The van der Waals surface area contributed by atoms with Gasteiger partial charge in [-0.3, -0.25) is 4.79 Å². The van der Waals surface area contributed by atoms with E-state index in [0.717, 1.165) is 29.5 Å². The molecule has 1 aliphatic heterocycles. The van der Waals surface area contributed by atoms with E-state index in [9.17, 15) is 9.59 Å². The molecule has 2 N–H and O–H groups in total. The van der Waals surface area contributed by atoms with Crippen LogP contribution in [0.15, 0.2) is 48.5 Å². The molecule has 4 rings (SSSR count). The van der Waals surface area contributed by atoms with Crippen molar-refractivity contribution in [3.63, 3.8) is 0 Å². The summed E-state index contributed by atoms with van der Waals surface area (Å²) in [6.45, 7) is 3.03. The molecule has 1 heterocycles. The van der Waals surface area contributed by atoms with Gasteiger partial charge < -0.3 is 15.4 Å². The molecule has 2 amide bonds. The summed E-state index contributed by atoms with van der Waals surface area (Å²) in [5.41, 5.74) is 10.1. The number of hydrogen-bond acceptors (Lipinski definition) is 3. The van der Waals surface area contributed by atoms with Crippen LogP contribution in [0.2, 0.25) is 0 Å². The quantitative estimate of drug-likeness (QED) is 0.831. The summed E-state index contributed by atoms with van der Waals surface area (Å²) in [4.78, 5) is 26.4. The van der Waals surface area contributed by atoms with Gasteiger partial charge in [0.25, 0.3) is 0 Å². The van der Waals surface area contributed by atoms with Gasteiger partial charge in [0.15, 0.2) is 0 Å². The molecule has 1 fully saturated rings. The number of nitrogens with two attached hydrogens (primary N) is 1. The Balaban J connectivity index is 1.54. The van der Waals surface area contributed by atoms with Crippen LogP contribution in [0.4, 0.5) is 4.79 Å². The largest absolute Gasteiger partial charge is 0.461 e. The van der Waals surface area contributed by atoms with Crippen LogP contribution in [0.3, 0.4) is 0 Å². The first-order valence-corrected chi connectivity index (χ1v) is 9.92. The first kappa shape index (κ1) is 18.5. The number of likely N-dealkylation sites (tertiary alicyclic amines) is 1. The van der Waals surface area contributed by atoms with Crippen LogP contribution < -0.4 is 5.73 Å². The SMILES string of the molecule is Cc1ccc2c(c1)C(C(=O)OC1CCN(C(N)=O)CC1c1ccccc1)CC2. The van der Waals surface area contributed by atoms with E-state index in [1.54, 1.807) is 4.90 Å². The fraction of sp³-hybridized carbons (Fsp3) is 0.391. The van der Waals surface area contributed by atoms with Gasteiger partial charge in [0.1, 0.15) is 6.10 Å². The van der Waals surface area contributed by atoms with Crippen molar-refractivity contribution < 1.29 is 14.3 Å². The number of fused-ring (bicyclic) bond motifs is 1. The Labute approximate surface area is 165 Å². The van der Waals surface area contributed by atoms with Crippen molar-refractivity contribution in [2.45, 2.75) is 44.1 Å². The number of benzene rings is 2. The van der Waals surface area contributed by atoms with Crippen molar-refractivity contribution in [2.75, 3.05) is 13.1 Å². The second-order valence-electron chi connectivity index (χ2n) is 7.86. The molecule has 146 valence electrons. The Morgan fingerprint density at radius 2 is 1.89 bits per heavy atom. The molecular weight excluding hydrogens is 352 g/mol. The van der Waals surface area contributed by atoms with E-state index < -0.39 is 6.03 Å².